The third-order valence-electron chi connectivity index (χ3n) is 1.03. The normalized spacial score (nSPS) is 30.2. The summed E-state index contributed by atoms with van der Waals surface area (Å²) < 4.78 is 59.5. The Labute approximate surface area is 73.6 Å². The summed E-state index contributed by atoms with van der Waals surface area (Å²) >= 11 is 0. The molecule has 1 rings (SSSR count). The van der Waals surface area contributed by atoms with Crippen molar-refractivity contribution in [1.29, 1.82) is 0 Å². The first-order chi connectivity index (χ1) is 5.72. The fraction of sp³-hybridized carbons (Fsp3) is 1.00. The summed E-state index contributed by atoms with van der Waals surface area (Å²) in [7, 11) is -9.92. The van der Waals surface area contributed by atoms with Gasteiger partial charge in [0.15, 0.2) is 0 Å². The van der Waals surface area contributed by atoms with Crippen LogP contribution in [0.3, 0.4) is 0 Å². The van der Waals surface area contributed by atoms with Crippen molar-refractivity contribution in [2.24, 2.45) is 13.5 Å². The van der Waals surface area contributed by atoms with Crippen molar-refractivity contribution in [3.05, 3.63) is 0 Å². The molecule has 1 atom stereocenters. The van der Waals surface area contributed by atoms with Crippen LogP contribution >= 0.6 is 23.7 Å². The molecule has 0 bridgehead atoms. The summed E-state index contributed by atoms with van der Waals surface area (Å²) in [5, 5.41) is 0. The maximum atomic E-state index is 12.6. The van der Waals surface area contributed by atoms with Gasteiger partial charge in [0.25, 0.3) is 0 Å². The summed E-state index contributed by atoms with van der Waals surface area (Å²) in [4.78, 5) is 0. The van der Waals surface area contributed by atoms with Crippen molar-refractivity contribution in [3.8, 4) is 0 Å². The lowest BCUT2D eigenvalue weighted by Crippen LogP contribution is -1.97. The molecule has 13 heavy (non-hydrogen) atoms. The van der Waals surface area contributed by atoms with Crippen LogP contribution in [-0.4, -0.2) is 18.8 Å². The average molecular weight is 256 g/mol. The Bertz CT molecular complexity index is 341. The molecule has 1 unspecified atom stereocenters. The fourth-order valence-corrected chi connectivity index (χ4v) is 6.33. The van der Waals surface area contributed by atoms with E-state index in [0.717, 1.165) is 0 Å². The predicted octanol–water partition coefficient (Wildman–Crippen LogP) is 4.56. The van der Waals surface area contributed by atoms with Crippen LogP contribution < -0.4 is 0 Å². The zero-order valence-corrected chi connectivity index (χ0v) is 9.48. The molecule has 0 aromatic rings. The van der Waals surface area contributed by atoms with E-state index < -0.39 is 23.7 Å². The van der Waals surface area contributed by atoms with Crippen LogP contribution in [0.15, 0.2) is 13.5 Å². The van der Waals surface area contributed by atoms with Gasteiger partial charge < -0.3 is 0 Å². The highest BCUT2D eigenvalue weighted by Crippen LogP contribution is 2.76. The highest BCUT2D eigenvalue weighted by atomic mass is 31.3. The molecule has 0 aliphatic carbocycles. The molecule has 0 saturated heterocycles. The van der Waals surface area contributed by atoms with Gasteiger partial charge >= 0.3 is 15.7 Å². The SMILES string of the molecule is CN(C)[PH]1=NP(F)(F)=NP(F)(F)=N1. The second-order valence-electron chi connectivity index (χ2n) is 2.40. The number of rotatable bonds is 1. The lowest BCUT2D eigenvalue weighted by Gasteiger charge is -2.16. The van der Waals surface area contributed by atoms with E-state index in [2.05, 4.69) is 13.5 Å². The molecule has 0 fully saturated rings. The average Bonchev–Trinajstić information content (AvgIpc) is 1.79. The van der Waals surface area contributed by atoms with Crippen LogP contribution in [0.4, 0.5) is 16.8 Å². The number of hydrogen-bond donors (Lipinski definition) is 0. The first-order valence-electron chi connectivity index (χ1n) is 3.04. The molecule has 1 aliphatic heterocycles. The zero-order chi connectivity index (χ0) is 10.3. The van der Waals surface area contributed by atoms with Gasteiger partial charge in [0, 0.05) is 0 Å². The summed E-state index contributed by atoms with van der Waals surface area (Å²) in [6.07, 6.45) is 0. The maximum absolute atomic E-state index is 12.6. The molecule has 4 nitrogen and oxygen atoms in total. The van der Waals surface area contributed by atoms with Gasteiger partial charge in [-0.2, -0.15) is 9.03 Å². The van der Waals surface area contributed by atoms with Gasteiger partial charge in [0.1, 0.15) is 8.01 Å². The summed E-state index contributed by atoms with van der Waals surface area (Å²) in [5.74, 6) is 0. The first-order valence-corrected chi connectivity index (χ1v) is 7.34. The smallest absolute Gasteiger partial charge is 0.260 e. The van der Waals surface area contributed by atoms with Crippen LogP contribution in [-0.2, 0) is 0 Å². The second kappa shape index (κ2) is 3.50. The van der Waals surface area contributed by atoms with Crippen LogP contribution in [0.25, 0.3) is 0 Å². The highest BCUT2D eigenvalue weighted by molar-refractivity contribution is 7.74. The molecule has 0 amide bonds. The maximum Gasteiger partial charge on any atom is 0.422 e. The Morgan fingerprint density at radius 3 is 2.00 bits per heavy atom. The van der Waals surface area contributed by atoms with E-state index in [4.69, 9.17) is 0 Å². The summed E-state index contributed by atoms with van der Waals surface area (Å²) in [6.45, 7) is 0. The van der Waals surface area contributed by atoms with E-state index in [1.54, 1.807) is 0 Å². The molecule has 0 aromatic carbocycles. The highest BCUT2D eigenvalue weighted by Gasteiger charge is 2.31. The van der Waals surface area contributed by atoms with Crippen LogP contribution in [0.2, 0.25) is 0 Å². The van der Waals surface area contributed by atoms with Gasteiger partial charge in [-0.15, -0.1) is 21.3 Å². The molecule has 1 heterocycles. The fourth-order valence-electron chi connectivity index (χ4n) is 0.584. The first kappa shape index (κ1) is 11.4. The molecule has 0 aromatic heterocycles. The molecule has 1 aliphatic rings. The second-order valence-corrected chi connectivity index (χ2v) is 8.03. The monoisotopic (exact) mass is 256 g/mol. The summed E-state index contributed by atoms with van der Waals surface area (Å²) in [5.41, 5.74) is 0. The molecule has 78 valence electrons. The largest absolute Gasteiger partial charge is 0.422 e. The van der Waals surface area contributed by atoms with Gasteiger partial charge in [-0.05, 0) is 14.1 Å². The Morgan fingerprint density at radius 1 is 1.08 bits per heavy atom. The molecular formula is C2H7F4N4P3. The van der Waals surface area contributed by atoms with Crippen LogP contribution in [0.5, 0.6) is 0 Å². The molecule has 0 spiro atoms. The third kappa shape index (κ3) is 3.21. The lowest BCUT2D eigenvalue weighted by molar-refractivity contribution is 0.669. The Balaban J connectivity index is 3.27. The van der Waals surface area contributed by atoms with E-state index in [-0.39, 0.29) is 0 Å². The zero-order valence-electron chi connectivity index (χ0n) is 6.70. The Hall–Kier alpha value is 0.370. The number of nitrogens with zero attached hydrogens (tertiary/aromatic N) is 4. The van der Waals surface area contributed by atoms with Crippen molar-refractivity contribution >= 4 is 23.7 Å². The van der Waals surface area contributed by atoms with Crippen LogP contribution in [0, 0.1) is 0 Å². The van der Waals surface area contributed by atoms with Gasteiger partial charge in [-0.25, -0.2) is 0 Å². The summed E-state index contributed by atoms with van der Waals surface area (Å²) in [6, 6.07) is 0. The molecule has 11 heteroatoms. The third-order valence-corrected chi connectivity index (χ3v) is 6.91. The minimum atomic E-state index is -5.11. The van der Waals surface area contributed by atoms with E-state index in [1.807, 2.05) is 0 Å². The van der Waals surface area contributed by atoms with Gasteiger partial charge in [0.2, 0.25) is 0 Å². The molecular weight excluding hydrogens is 249 g/mol. The number of hydrogen-bond acceptors (Lipinski definition) is 4. The van der Waals surface area contributed by atoms with Gasteiger partial charge in [-0.3, -0.25) is 4.67 Å². The molecule has 0 N–H and O–H groups in total. The van der Waals surface area contributed by atoms with E-state index in [0.29, 0.717) is 0 Å². The van der Waals surface area contributed by atoms with Crippen molar-refractivity contribution in [1.82, 2.24) is 4.67 Å². The predicted molar refractivity (Wildman–Crippen MR) is 47.6 cm³/mol. The van der Waals surface area contributed by atoms with Crippen molar-refractivity contribution in [3.63, 3.8) is 0 Å². The standard InChI is InChI=1S/C2H7F4N4P3/c1-10(2)11-7-12(3,4)9-13(5,6)8-11/h11H,1-2H3. The van der Waals surface area contributed by atoms with Crippen LogP contribution in [0.1, 0.15) is 0 Å². The van der Waals surface area contributed by atoms with Gasteiger partial charge in [-0.1, -0.05) is 0 Å². The van der Waals surface area contributed by atoms with E-state index >= 15 is 0 Å². The van der Waals surface area contributed by atoms with Crippen molar-refractivity contribution < 1.29 is 16.8 Å². The van der Waals surface area contributed by atoms with Crippen molar-refractivity contribution in [2.45, 2.75) is 0 Å². The number of halogens is 4. The Kier molecular flexibility index (Phi) is 3.08. The van der Waals surface area contributed by atoms with E-state index in [1.165, 1.54) is 18.8 Å². The van der Waals surface area contributed by atoms with Crippen molar-refractivity contribution in [2.75, 3.05) is 14.1 Å². The minimum absolute atomic E-state index is 1.20. The minimum Gasteiger partial charge on any atom is -0.260 e. The molecule has 0 saturated carbocycles. The van der Waals surface area contributed by atoms with Gasteiger partial charge in [0.05, 0.1) is 0 Å². The quantitative estimate of drug-likeness (QED) is 0.500. The molecule has 0 radical (unpaired) electrons. The Morgan fingerprint density at radius 2 is 1.62 bits per heavy atom. The topological polar surface area (TPSA) is 40.3 Å². The van der Waals surface area contributed by atoms with E-state index in [9.17, 15) is 16.8 Å². The lowest BCUT2D eigenvalue weighted by atomic mass is 11.3.